The Balaban J connectivity index is 1.47. The van der Waals surface area contributed by atoms with Crippen LogP contribution in [0.25, 0.3) is 16.7 Å². The molecule has 4 aromatic rings. The molecule has 0 bridgehead atoms. The van der Waals surface area contributed by atoms with Gasteiger partial charge in [-0.1, -0.05) is 57.2 Å². The van der Waals surface area contributed by atoms with E-state index in [1.54, 1.807) is 16.8 Å². The van der Waals surface area contributed by atoms with Crippen molar-refractivity contribution < 1.29 is 18.7 Å². The number of rotatable bonds is 5. The van der Waals surface area contributed by atoms with Crippen LogP contribution in [0.3, 0.4) is 0 Å². The van der Waals surface area contributed by atoms with Crippen molar-refractivity contribution in [2.45, 2.75) is 26.2 Å². The lowest BCUT2D eigenvalue weighted by Crippen LogP contribution is -2.22. The summed E-state index contributed by atoms with van der Waals surface area (Å²) in [5.41, 5.74) is 2.02. The molecule has 0 atom stereocenters. The Kier molecular flexibility index (Phi) is 5.33. The zero-order valence-corrected chi connectivity index (χ0v) is 17.6. The second-order valence-electron chi connectivity index (χ2n) is 8.18. The third-order valence-electron chi connectivity index (χ3n) is 4.71. The van der Waals surface area contributed by atoms with Gasteiger partial charge in [0.25, 0.3) is 5.91 Å². The van der Waals surface area contributed by atoms with Gasteiger partial charge in [-0.25, -0.2) is 9.48 Å². The number of ether oxygens (including phenoxy) is 1. The summed E-state index contributed by atoms with van der Waals surface area (Å²) in [6.07, 6.45) is 0. The van der Waals surface area contributed by atoms with E-state index in [0.717, 1.165) is 16.8 Å². The quantitative estimate of drug-likeness (QED) is 0.475. The fourth-order valence-corrected chi connectivity index (χ4v) is 3.07. The number of amides is 1. The Morgan fingerprint density at radius 1 is 1.03 bits per heavy atom. The topological polar surface area (TPSA) is 86.4 Å². The molecule has 0 fully saturated rings. The normalized spacial score (nSPS) is 11.5. The number of benzene rings is 2. The summed E-state index contributed by atoms with van der Waals surface area (Å²) in [7, 11) is 0. The molecular formula is C24H23N3O4. The fourth-order valence-electron chi connectivity index (χ4n) is 3.07. The Hall–Kier alpha value is -3.87. The first-order chi connectivity index (χ1) is 14.8. The maximum absolute atomic E-state index is 12.5. The van der Waals surface area contributed by atoms with Crippen LogP contribution in [0, 0.1) is 0 Å². The molecule has 4 rings (SSSR count). The molecule has 2 aromatic carbocycles. The lowest BCUT2D eigenvalue weighted by Gasteiger charge is -2.14. The van der Waals surface area contributed by atoms with E-state index in [1.165, 1.54) is 0 Å². The molecule has 2 aromatic heterocycles. The van der Waals surface area contributed by atoms with Crippen LogP contribution in [-0.2, 0) is 14.9 Å². The molecular weight excluding hydrogens is 394 g/mol. The van der Waals surface area contributed by atoms with E-state index >= 15 is 0 Å². The molecule has 1 N–H and O–H groups in total. The summed E-state index contributed by atoms with van der Waals surface area (Å²) in [6.45, 7) is 5.70. The van der Waals surface area contributed by atoms with E-state index in [9.17, 15) is 9.59 Å². The van der Waals surface area contributed by atoms with Crippen LogP contribution in [0.4, 0.5) is 5.82 Å². The van der Waals surface area contributed by atoms with Crippen molar-refractivity contribution in [1.29, 1.82) is 0 Å². The number of nitrogens with zero attached hydrogens (tertiary/aromatic N) is 2. The van der Waals surface area contributed by atoms with Gasteiger partial charge >= 0.3 is 5.97 Å². The van der Waals surface area contributed by atoms with Crippen LogP contribution < -0.4 is 5.32 Å². The number of aromatic nitrogens is 2. The lowest BCUT2D eigenvalue weighted by molar-refractivity contribution is -0.119. The zero-order valence-electron chi connectivity index (χ0n) is 17.6. The summed E-state index contributed by atoms with van der Waals surface area (Å²) in [5.74, 6) is -0.612. The molecule has 0 radical (unpaired) electrons. The summed E-state index contributed by atoms with van der Waals surface area (Å²) in [4.78, 5) is 24.8. The minimum absolute atomic E-state index is 0.0540. The first kappa shape index (κ1) is 20.4. The molecule has 0 aliphatic rings. The van der Waals surface area contributed by atoms with E-state index in [2.05, 4.69) is 10.4 Å². The predicted octanol–water partition coefficient (Wildman–Crippen LogP) is 4.71. The fraction of sp³-hybridized carbons (Fsp3) is 0.208. The van der Waals surface area contributed by atoms with Crippen LogP contribution in [0.2, 0.25) is 0 Å². The Bertz CT molecular complexity index is 1200. The van der Waals surface area contributed by atoms with Gasteiger partial charge in [0, 0.05) is 16.9 Å². The minimum atomic E-state index is -0.696. The van der Waals surface area contributed by atoms with Crippen LogP contribution in [0.5, 0.6) is 0 Å². The van der Waals surface area contributed by atoms with Gasteiger partial charge in [0.15, 0.2) is 6.61 Å². The number of hydrogen-bond donors (Lipinski definition) is 1. The Morgan fingerprint density at radius 3 is 2.45 bits per heavy atom. The average Bonchev–Trinajstić information content (AvgIpc) is 3.37. The largest absolute Gasteiger partial charge is 0.450 e. The first-order valence-corrected chi connectivity index (χ1v) is 9.93. The molecule has 0 saturated heterocycles. The third kappa shape index (κ3) is 4.50. The number of fused-ring (bicyclic) bond motifs is 1. The highest BCUT2D eigenvalue weighted by molar-refractivity contribution is 5.96. The summed E-state index contributed by atoms with van der Waals surface area (Å²) < 4.78 is 12.3. The second kappa shape index (κ2) is 8.10. The molecule has 158 valence electrons. The van der Waals surface area contributed by atoms with Gasteiger partial charge in [-0.05, 0) is 24.3 Å². The monoisotopic (exact) mass is 417 g/mol. The van der Waals surface area contributed by atoms with Crippen molar-refractivity contribution in [1.82, 2.24) is 9.78 Å². The second-order valence-corrected chi connectivity index (χ2v) is 8.18. The standard InChI is InChI=1S/C24H23N3O4/c1-24(2,3)20-14-21(27(26-20)17-10-5-4-6-11-17)25-22(28)15-30-23(29)19-13-16-9-7-8-12-18(16)31-19/h4-14H,15H2,1-3H3,(H,25,28). The summed E-state index contributed by atoms with van der Waals surface area (Å²) in [5, 5.41) is 8.23. The maximum Gasteiger partial charge on any atom is 0.374 e. The van der Waals surface area contributed by atoms with Crippen molar-refractivity contribution in [3.63, 3.8) is 0 Å². The van der Waals surface area contributed by atoms with Gasteiger partial charge in [-0.3, -0.25) is 4.79 Å². The number of anilines is 1. The number of hydrogen-bond acceptors (Lipinski definition) is 5. The molecule has 0 spiro atoms. The molecule has 31 heavy (non-hydrogen) atoms. The van der Waals surface area contributed by atoms with E-state index in [0.29, 0.717) is 11.4 Å². The van der Waals surface area contributed by atoms with Crippen LogP contribution in [0.15, 0.2) is 71.1 Å². The van der Waals surface area contributed by atoms with Crippen LogP contribution in [0.1, 0.15) is 37.0 Å². The van der Waals surface area contributed by atoms with Crippen LogP contribution >= 0.6 is 0 Å². The van der Waals surface area contributed by atoms with Crippen molar-refractivity contribution in [3.05, 3.63) is 78.2 Å². The predicted molar refractivity (Wildman–Crippen MR) is 117 cm³/mol. The van der Waals surface area contributed by atoms with E-state index in [1.807, 2.05) is 75.4 Å². The highest BCUT2D eigenvalue weighted by atomic mass is 16.5. The summed E-state index contributed by atoms with van der Waals surface area (Å²) in [6, 6.07) is 20.2. The van der Waals surface area contributed by atoms with E-state index in [-0.39, 0.29) is 11.2 Å². The highest BCUT2D eigenvalue weighted by Crippen LogP contribution is 2.26. The van der Waals surface area contributed by atoms with Crippen molar-refractivity contribution >= 4 is 28.7 Å². The van der Waals surface area contributed by atoms with Gasteiger partial charge in [-0.2, -0.15) is 5.10 Å². The number of nitrogens with one attached hydrogen (secondary N) is 1. The van der Waals surface area contributed by atoms with Gasteiger partial charge in [0.1, 0.15) is 11.4 Å². The zero-order chi connectivity index (χ0) is 22.0. The highest BCUT2D eigenvalue weighted by Gasteiger charge is 2.22. The third-order valence-corrected chi connectivity index (χ3v) is 4.71. The number of carbonyl (C=O) groups is 2. The molecule has 7 nitrogen and oxygen atoms in total. The lowest BCUT2D eigenvalue weighted by atomic mass is 9.92. The summed E-state index contributed by atoms with van der Waals surface area (Å²) >= 11 is 0. The van der Waals surface area contributed by atoms with E-state index in [4.69, 9.17) is 9.15 Å². The molecule has 2 heterocycles. The first-order valence-electron chi connectivity index (χ1n) is 9.93. The molecule has 0 unspecified atom stereocenters. The SMILES string of the molecule is CC(C)(C)c1cc(NC(=O)COC(=O)c2cc3ccccc3o2)n(-c2ccccc2)n1. The van der Waals surface area contributed by atoms with Gasteiger partial charge in [-0.15, -0.1) is 0 Å². The Morgan fingerprint density at radius 2 is 1.74 bits per heavy atom. The van der Waals surface area contributed by atoms with E-state index < -0.39 is 18.5 Å². The number of carbonyl (C=O) groups excluding carboxylic acids is 2. The van der Waals surface area contributed by atoms with Crippen molar-refractivity contribution in [2.75, 3.05) is 11.9 Å². The van der Waals surface area contributed by atoms with Crippen molar-refractivity contribution in [3.8, 4) is 5.69 Å². The smallest absolute Gasteiger partial charge is 0.374 e. The van der Waals surface area contributed by atoms with Gasteiger partial charge in [0.05, 0.1) is 11.4 Å². The molecule has 7 heteroatoms. The average molecular weight is 417 g/mol. The van der Waals surface area contributed by atoms with Gasteiger partial charge < -0.3 is 14.5 Å². The number of esters is 1. The molecule has 0 aliphatic carbocycles. The number of para-hydroxylation sites is 2. The van der Waals surface area contributed by atoms with Crippen molar-refractivity contribution in [2.24, 2.45) is 0 Å². The maximum atomic E-state index is 12.5. The van der Waals surface area contributed by atoms with Crippen LogP contribution in [-0.4, -0.2) is 28.3 Å². The number of furan rings is 1. The molecule has 1 amide bonds. The van der Waals surface area contributed by atoms with Gasteiger partial charge in [0.2, 0.25) is 5.76 Å². The Labute approximate surface area is 179 Å². The molecule has 0 aliphatic heterocycles. The molecule has 0 saturated carbocycles. The minimum Gasteiger partial charge on any atom is -0.450 e.